The largest absolute Gasteiger partial charge is 0.352 e. The summed E-state index contributed by atoms with van der Waals surface area (Å²) < 4.78 is 0. The Morgan fingerprint density at radius 2 is 2.60 bits per heavy atom. The fraction of sp³-hybridized carbons (Fsp3) is 0.364. The third-order valence-corrected chi connectivity index (χ3v) is 4.24. The lowest BCUT2D eigenvalue weighted by molar-refractivity contribution is -0.118. The van der Waals surface area contributed by atoms with E-state index < -0.39 is 0 Å². The van der Waals surface area contributed by atoms with Crippen molar-refractivity contribution in [3.8, 4) is 0 Å². The van der Waals surface area contributed by atoms with Gasteiger partial charge in [0, 0.05) is 16.7 Å². The Kier molecular flexibility index (Phi) is 5.50. The van der Waals surface area contributed by atoms with Gasteiger partial charge in [0.25, 0.3) is 0 Å². The van der Waals surface area contributed by atoms with E-state index in [0.717, 1.165) is 0 Å². The predicted octanol–water partition coefficient (Wildman–Crippen LogP) is 2.84. The van der Waals surface area contributed by atoms with Gasteiger partial charge in [-0.25, -0.2) is 0 Å². The standard InChI is InChI=1S/C11H15NOS2/c1-3-6-12-11(13)8-15-9(2)10-5-4-7-14-10/h3-5,7,9H,1,6,8H2,2H3,(H,12,13)/t9-/m1/s1. The summed E-state index contributed by atoms with van der Waals surface area (Å²) in [5.41, 5.74) is 0. The van der Waals surface area contributed by atoms with Gasteiger partial charge in [-0.1, -0.05) is 12.1 Å². The van der Waals surface area contributed by atoms with Crippen molar-refractivity contribution in [1.29, 1.82) is 0 Å². The summed E-state index contributed by atoms with van der Waals surface area (Å²) in [7, 11) is 0. The Morgan fingerprint density at radius 1 is 1.80 bits per heavy atom. The summed E-state index contributed by atoms with van der Waals surface area (Å²) in [6, 6.07) is 4.14. The zero-order valence-electron chi connectivity index (χ0n) is 8.73. The van der Waals surface area contributed by atoms with E-state index in [-0.39, 0.29) is 5.91 Å². The fourth-order valence-electron chi connectivity index (χ4n) is 1.04. The van der Waals surface area contributed by atoms with Crippen LogP contribution >= 0.6 is 23.1 Å². The first kappa shape index (κ1) is 12.3. The maximum absolute atomic E-state index is 11.3. The number of thiophene rings is 1. The molecule has 0 bridgehead atoms. The fourth-order valence-corrected chi connectivity index (χ4v) is 2.82. The van der Waals surface area contributed by atoms with Crippen molar-refractivity contribution < 1.29 is 4.79 Å². The molecule has 0 fully saturated rings. The normalized spacial score (nSPS) is 12.1. The van der Waals surface area contributed by atoms with E-state index in [9.17, 15) is 4.79 Å². The molecule has 0 aliphatic rings. The first-order chi connectivity index (χ1) is 7.24. The molecule has 1 aromatic rings. The van der Waals surface area contributed by atoms with Crippen LogP contribution in [0.1, 0.15) is 17.1 Å². The summed E-state index contributed by atoms with van der Waals surface area (Å²) in [5.74, 6) is 0.579. The van der Waals surface area contributed by atoms with Gasteiger partial charge < -0.3 is 5.32 Å². The van der Waals surface area contributed by atoms with Crippen molar-refractivity contribution in [3.63, 3.8) is 0 Å². The van der Waals surface area contributed by atoms with E-state index in [2.05, 4.69) is 30.3 Å². The number of rotatable bonds is 6. The van der Waals surface area contributed by atoms with Crippen LogP contribution in [0, 0.1) is 0 Å². The summed E-state index contributed by atoms with van der Waals surface area (Å²) in [6.07, 6.45) is 1.69. The van der Waals surface area contributed by atoms with Crippen molar-refractivity contribution >= 4 is 29.0 Å². The molecule has 82 valence electrons. The summed E-state index contributed by atoms with van der Waals surface area (Å²) in [4.78, 5) is 12.6. The smallest absolute Gasteiger partial charge is 0.230 e. The minimum absolute atomic E-state index is 0.0725. The second kappa shape index (κ2) is 6.69. The van der Waals surface area contributed by atoms with Crippen LogP contribution in [0.5, 0.6) is 0 Å². The lowest BCUT2D eigenvalue weighted by Crippen LogP contribution is -2.25. The molecule has 0 aliphatic heterocycles. The van der Waals surface area contributed by atoms with Crippen molar-refractivity contribution in [2.75, 3.05) is 12.3 Å². The van der Waals surface area contributed by atoms with Gasteiger partial charge in [0.1, 0.15) is 0 Å². The van der Waals surface area contributed by atoms with Gasteiger partial charge in [-0.2, -0.15) is 0 Å². The Morgan fingerprint density at radius 3 is 3.20 bits per heavy atom. The zero-order valence-corrected chi connectivity index (χ0v) is 10.4. The van der Waals surface area contributed by atoms with Gasteiger partial charge in [-0.3, -0.25) is 4.79 Å². The number of nitrogens with one attached hydrogen (secondary N) is 1. The molecule has 1 amide bonds. The Bertz CT molecular complexity index is 308. The average Bonchev–Trinajstić information content (AvgIpc) is 2.76. The highest BCUT2D eigenvalue weighted by atomic mass is 32.2. The number of carbonyl (C=O) groups is 1. The molecule has 0 spiro atoms. The van der Waals surface area contributed by atoms with Crippen molar-refractivity contribution in [2.45, 2.75) is 12.2 Å². The second-order valence-electron chi connectivity index (χ2n) is 3.06. The maximum atomic E-state index is 11.3. The van der Waals surface area contributed by atoms with Crippen molar-refractivity contribution in [2.24, 2.45) is 0 Å². The van der Waals surface area contributed by atoms with E-state index >= 15 is 0 Å². The number of carbonyl (C=O) groups excluding carboxylic acids is 1. The van der Waals surface area contributed by atoms with Crippen LogP contribution in [0.25, 0.3) is 0 Å². The van der Waals surface area contributed by atoms with E-state index in [1.54, 1.807) is 29.2 Å². The van der Waals surface area contributed by atoms with E-state index in [4.69, 9.17) is 0 Å². The van der Waals surface area contributed by atoms with Crippen LogP contribution in [-0.2, 0) is 4.79 Å². The molecular weight excluding hydrogens is 226 g/mol. The number of hydrogen-bond acceptors (Lipinski definition) is 3. The molecule has 1 rings (SSSR count). The molecule has 0 unspecified atom stereocenters. The van der Waals surface area contributed by atoms with E-state index in [0.29, 0.717) is 17.5 Å². The van der Waals surface area contributed by atoms with Crippen LogP contribution < -0.4 is 5.32 Å². The highest BCUT2D eigenvalue weighted by Gasteiger charge is 2.09. The first-order valence-electron chi connectivity index (χ1n) is 4.76. The number of thioether (sulfide) groups is 1. The monoisotopic (exact) mass is 241 g/mol. The van der Waals surface area contributed by atoms with Crippen LogP contribution in [0.3, 0.4) is 0 Å². The second-order valence-corrected chi connectivity index (χ2v) is 5.37. The molecule has 1 N–H and O–H groups in total. The Balaban J connectivity index is 2.25. The van der Waals surface area contributed by atoms with Gasteiger partial charge in [0.15, 0.2) is 0 Å². The lowest BCUT2D eigenvalue weighted by Gasteiger charge is -2.08. The summed E-state index contributed by atoms with van der Waals surface area (Å²) in [6.45, 7) is 6.22. The third kappa shape index (κ3) is 4.53. The number of amides is 1. The van der Waals surface area contributed by atoms with Crippen molar-refractivity contribution in [1.82, 2.24) is 5.32 Å². The van der Waals surface area contributed by atoms with Crippen LogP contribution in [-0.4, -0.2) is 18.2 Å². The molecule has 15 heavy (non-hydrogen) atoms. The molecular formula is C11H15NOS2. The van der Waals surface area contributed by atoms with E-state index in [1.165, 1.54) is 4.88 Å². The minimum atomic E-state index is 0.0725. The summed E-state index contributed by atoms with van der Waals surface area (Å²) >= 11 is 3.39. The van der Waals surface area contributed by atoms with E-state index in [1.807, 2.05) is 6.07 Å². The first-order valence-corrected chi connectivity index (χ1v) is 6.69. The van der Waals surface area contributed by atoms with Gasteiger partial charge in [0.2, 0.25) is 5.91 Å². The maximum Gasteiger partial charge on any atom is 0.230 e. The lowest BCUT2D eigenvalue weighted by atomic mass is 10.4. The molecule has 0 aliphatic carbocycles. The van der Waals surface area contributed by atoms with Gasteiger partial charge in [0.05, 0.1) is 5.75 Å². The molecule has 0 saturated carbocycles. The minimum Gasteiger partial charge on any atom is -0.352 e. The zero-order chi connectivity index (χ0) is 11.1. The molecule has 0 radical (unpaired) electrons. The molecule has 4 heteroatoms. The molecule has 1 atom stereocenters. The van der Waals surface area contributed by atoms with Gasteiger partial charge >= 0.3 is 0 Å². The number of hydrogen-bond donors (Lipinski definition) is 1. The van der Waals surface area contributed by atoms with Crippen LogP contribution in [0.15, 0.2) is 30.2 Å². The predicted molar refractivity (Wildman–Crippen MR) is 68.4 cm³/mol. The highest BCUT2D eigenvalue weighted by Crippen LogP contribution is 2.30. The summed E-state index contributed by atoms with van der Waals surface area (Å²) in [5, 5.41) is 5.21. The molecule has 1 aromatic heterocycles. The van der Waals surface area contributed by atoms with Gasteiger partial charge in [-0.05, 0) is 18.4 Å². The van der Waals surface area contributed by atoms with Crippen molar-refractivity contribution in [3.05, 3.63) is 35.0 Å². The van der Waals surface area contributed by atoms with Crippen LogP contribution in [0.4, 0.5) is 0 Å². The topological polar surface area (TPSA) is 29.1 Å². The van der Waals surface area contributed by atoms with Gasteiger partial charge in [-0.15, -0.1) is 29.7 Å². The molecule has 0 saturated heterocycles. The van der Waals surface area contributed by atoms with Crippen LogP contribution in [0.2, 0.25) is 0 Å². The molecule has 2 nitrogen and oxygen atoms in total. The quantitative estimate of drug-likeness (QED) is 0.776. The Hall–Kier alpha value is -0.740. The molecule has 1 heterocycles. The third-order valence-electron chi connectivity index (χ3n) is 1.85. The average molecular weight is 241 g/mol. The SMILES string of the molecule is C=CCNC(=O)CS[C@H](C)c1cccs1. The highest BCUT2D eigenvalue weighted by molar-refractivity contribution is 8.00. The Labute approximate surface area is 98.8 Å². The molecule has 0 aromatic carbocycles.